The predicted molar refractivity (Wildman–Crippen MR) is 108 cm³/mol. The van der Waals surface area contributed by atoms with E-state index in [-0.39, 0.29) is 12.5 Å². The molecule has 0 N–H and O–H groups in total. The second-order valence-electron chi connectivity index (χ2n) is 5.04. The number of nitrogens with zero attached hydrogens (tertiary/aromatic N) is 1. The Morgan fingerprint density at radius 3 is 2.58 bits per heavy atom. The van der Waals surface area contributed by atoms with E-state index in [1.807, 2.05) is 13.8 Å². The maximum Gasteiger partial charge on any atom is 0.343 e. The first-order chi connectivity index (χ1) is 12.4. The standard InChI is InChI=1S/C17H18BrNO5S2/c1-4-19-16(21)14(26-17(19)25)7-10-6-12(23-5-2)13(8-11(10)18)24-9-15(20)22-3/h6-8H,4-5,9H2,1-3H3. The van der Waals surface area contributed by atoms with Gasteiger partial charge in [-0.2, -0.15) is 0 Å². The van der Waals surface area contributed by atoms with E-state index in [2.05, 4.69) is 20.7 Å². The molecule has 26 heavy (non-hydrogen) atoms. The summed E-state index contributed by atoms with van der Waals surface area (Å²) in [6.07, 6.45) is 1.76. The second-order valence-corrected chi connectivity index (χ2v) is 7.57. The molecule has 0 saturated carbocycles. The van der Waals surface area contributed by atoms with Crippen LogP contribution in [0.3, 0.4) is 0 Å². The molecule has 1 amide bonds. The average Bonchev–Trinajstić information content (AvgIpc) is 2.89. The highest BCUT2D eigenvalue weighted by atomic mass is 79.9. The van der Waals surface area contributed by atoms with Crippen molar-refractivity contribution in [2.24, 2.45) is 0 Å². The lowest BCUT2D eigenvalue weighted by Gasteiger charge is -2.13. The zero-order valence-electron chi connectivity index (χ0n) is 14.5. The number of thioether (sulfide) groups is 1. The third-order valence-corrected chi connectivity index (χ3v) is 5.48. The molecule has 1 saturated heterocycles. The molecule has 140 valence electrons. The number of halogens is 1. The van der Waals surface area contributed by atoms with Gasteiger partial charge in [-0.25, -0.2) is 4.79 Å². The van der Waals surface area contributed by atoms with Crippen molar-refractivity contribution in [2.75, 3.05) is 26.9 Å². The van der Waals surface area contributed by atoms with Crippen LogP contribution in [0.15, 0.2) is 21.5 Å². The first kappa shape index (κ1) is 20.7. The van der Waals surface area contributed by atoms with Crippen LogP contribution >= 0.6 is 39.9 Å². The maximum atomic E-state index is 12.4. The Labute approximate surface area is 170 Å². The quantitative estimate of drug-likeness (QED) is 0.350. The number of carbonyl (C=O) groups is 2. The van der Waals surface area contributed by atoms with Crippen molar-refractivity contribution in [3.63, 3.8) is 0 Å². The van der Waals surface area contributed by atoms with E-state index < -0.39 is 5.97 Å². The topological polar surface area (TPSA) is 65.1 Å². The van der Waals surface area contributed by atoms with Gasteiger partial charge in [-0.05, 0) is 37.6 Å². The Morgan fingerprint density at radius 2 is 2.00 bits per heavy atom. The molecule has 1 heterocycles. The molecule has 0 bridgehead atoms. The van der Waals surface area contributed by atoms with Crippen molar-refractivity contribution in [1.29, 1.82) is 0 Å². The third-order valence-electron chi connectivity index (χ3n) is 3.41. The Balaban J connectivity index is 2.34. The van der Waals surface area contributed by atoms with Gasteiger partial charge < -0.3 is 14.2 Å². The number of methoxy groups -OCH3 is 1. The molecule has 1 aliphatic rings. The lowest BCUT2D eigenvalue weighted by molar-refractivity contribution is -0.142. The fraction of sp³-hybridized carbons (Fsp3) is 0.353. The highest BCUT2D eigenvalue weighted by Gasteiger charge is 2.30. The summed E-state index contributed by atoms with van der Waals surface area (Å²) in [4.78, 5) is 25.8. The highest BCUT2D eigenvalue weighted by Crippen LogP contribution is 2.38. The second kappa shape index (κ2) is 9.38. The van der Waals surface area contributed by atoms with Crippen molar-refractivity contribution < 1.29 is 23.8 Å². The molecule has 1 aromatic rings. The minimum absolute atomic E-state index is 0.113. The Kier molecular flexibility index (Phi) is 7.48. The fourth-order valence-electron chi connectivity index (χ4n) is 2.15. The summed E-state index contributed by atoms with van der Waals surface area (Å²) < 4.78 is 16.9. The summed E-state index contributed by atoms with van der Waals surface area (Å²) in [5.41, 5.74) is 0.746. The molecule has 0 spiro atoms. The van der Waals surface area contributed by atoms with Crippen molar-refractivity contribution in [2.45, 2.75) is 13.8 Å². The first-order valence-corrected chi connectivity index (χ1v) is 9.84. The number of benzene rings is 1. The van der Waals surface area contributed by atoms with Crippen LogP contribution in [-0.4, -0.2) is 48.0 Å². The molecule has 9 heteroatoms. The molecule has 1 fully saturated rings. The zero-order chi connectivity index (χ0) is 19.3. The van der Waals surface area contributed by atoms with Crippen LogP contribution in [0.2, 0.25) is 0 Å². The number of ether oxygens (including phenoxy) is 3. The summed E-state index contributed by atoms with van der Waals surface area (Å²) in [6, 6.07) is 3.44. The Hall–Kier alpha value is -1.58. The average molecular weight is 460 g/mol. The van der Waals surface area contributed by atoms with Gasteiger partial charge in [-0.15, -0.1) is 0 Å². The summed E-state index contributed by atoms with van der Waals surface area (Å²) in [5, 5.41) is 0. The predicted octanol–water partition coefficient (Wildman–Crippen LogP) is 3.62. The van der Waals surface area contributed by atoms with Crippen LogP contribution in [-0.2, 0) is 14.3 Å². The van der Waals surface area contributed by atoms with Crippen LogP contribution < -0.4 is 9.47 Å². The summed E-state index contributed by atoms with van der Waals surface area (Å²) in [6.45, 7) is 4.46. The monoisotopic (exact) mass is 459 g/mol. The summed E-state index contributed by atoms with van der Waals surface area (Å²) >= 11 is 9.96. The minimum atomic E-state index is -0.490. The molecule has 0 radical (unpaired) electrons. The van der Waals surface area contributed by atoms with Crippen LogP contribution in [0.4, 0.5) is 0 Å². The molecule has 0 unspecified atom stereocenters. The van der Waals surface area contributed by atoms with Gasteiger partial charge in [0.25, 0.3) is 5.91 Å². The fourth-order valence-corrected chi connectivity index (χ4v) is 3.96. The van der Waals surface area contributed by atoms with Crippen molar-refractivity contribution in [1.82, 2.24) is 4.90 Å². The highest BCUT2D eigenvalue weighted by molar-refractivity contribution is 9.10. The normalized spacial score (nSPS) is 15.5. The number of esters is 1. The largest absolute Gasteiger partial charge is 0.490 e. The van der Waals surface area contributed by atoms with E-state index >= 15 is 0 Å². The van der Waals surface area contributed by atoms with E-state index in [0.717, 1.165) is 5.56 Å². The van der Waals surface area contributed by atoms with Crippen molar-refractivity contribution in [3.8, 4) is 11.5 Å². The van der Waals surface area contributed by atoms with E-state index in [1.54, 1.807) is 23.1 Å². The van der Waals surface area contributed by atoms with Gasteiger partial charge in [0.05, 0.1) is 18.6 Å². The molecule has 0 aliphatic carbocycles. The Morgan fingerprint density at radius 1 is 1.31 bits per heavy atom. The molecule has 2 rings (SSSR count). The molecule has 0 atom stereocenters. The molecule has 1 aliphatic heterocycles. The van der Waals surface area contributed by atoms with Crippen LogP contribution in [0, 0.1) is 0 Å². The maximum absolute atomic E-state index is 12.4. The Bertz CT molecular complexity index is 766. The number of hydrogen-bond donors (Lipinski definition) is 0. The van der Waals surface area contributed by atoms with Crippen LogP contribution in [0.1, 0.15) is 19.4 Å². The number of likely N-dealkylation sites (N-methyl/N-ethyl adjacent to an activating group) is 1. The van der Waals surface area contributed by atoms with Gasteiger partial charge >= 0.3 is 5.97 Å². The van der Waals surface area contributed by atoms with E-state index in [9.17, 15) is 9.59 Å². The van der Waals surface area contributed by atoms with E-state index in [0.29, 0.717) is 38.3 Å². The van der Waals surface area contributed by atoms with Gasteiger partial charge in [-0.1, -0.05) is 39.9 Å². The lowest BCUT2D eigenvalue weighted by Crippen LogP contribution is -2.27. The SMILES string of the molecule is CCOc1cc(C=C2SC(=S)N(CC)C2=O)c(Br)cc1OCC(=O)OC. The number of hydrogen-bond acceptors (Lipinski definition) is 7. The number of rotatable bonds is 7. The van der Waals surface area contributed by atoms with Crippen molar-refractivity contribution in [3.05, 3.63) is 27.1 Å². The van der Waals surface area contributed by atoms with E-state index in [4.69, 9.17) is 21.7 Å². The smallest absolute Gasteiger partial charge is 0.343 e. The van der Waals surface area contributed by atoms with Crippen molar-refractivity contribution >= 4 is 62.2 Å². The molecule has 0 aromatic heterocycles. The zero-order valence-corrected chi connectivity index (χ0v) is 17.8. The van der Waals surface area contributed by atoms with E-state index in [1.165, 1.54) is 18.9 Å². The van der Waals surface area contributed by atoms with Gasteiger partial charge in [0.1, 0.15) is 4.32 Å². The molecular weight excluding hydrogens is 442 g/mol. The summed E-state index contributed by atoms with van der Waals surface area (Å²) in [7, 11) is 1.29. The van der Waals surface area contributed by atoms with Gasteiger partial charge in [0.15, 0.2) is 18.1 Å². The van der Waals surface area contributed by atoms with Crippen LogP contribution in [0.5, 0.6) is 11.5 Å². The third kappa shape index (κ3) is 4.77. The molecule has 1 aromatic carbocycles. The van der Waals surface area contributed by atoms with Gasteiger partial charge in [0, 0.05) is 11.0 Å². The lowest BCUT2D eigenvalue weighted by atomic mass is 10.2. The summed E-state index contributed by atoms with van der Waals surface area (Å²) in [5.74, 6) is 0.272. The number of thiocarbonyl (C=S) groups is 1. The van der Waals surface area contributed by atoms with Gasteiger partial charge in [-0.3, -0.25) is 9.69 Å². The molecular formula is C17H18BrNO5S2. The number of carbonyl (C=O) groups excluding carboxylic acids is 2. The van der Waals surface area contributed by atoms with Crippen LogP contribution in [0.25, 0.3) is 6.08 Å². The van der Waals surface area contributed by atoms with Gasteiger partial charge in [0.2, 0.25) is 0 Å². The molecule has 6 nitrogen and oxygen atoms in total. The minimum Gasteiger partial charge on any atom is -0.490 e. The number of amides is 1. The first-order valence-electron chi connectivity index (χ1n) is 7.82.